The second kappa shape index (κ2) is 4.88. The van der Waals surface area contributed by atoms with Crippen LogP contribution in [0.5, 0.6) is 17.2 Å². The predicted octanol–water partition coefficient (Wildman–Crippen LogP) is 3.46. The molecule has 1 aliphatic rings. The average Bonchev–Trinajstić information content (AvgIpc) is 3.23. The minimum absolute atomic E-state index is 0.563. The fourth-order valence-corrected chi connectivity index (χ4v) is 1.96. The molecule has 19 heavy (non-hydrogen) atoms. The van der Waals surface area contributed by atoms with Crippen molar-refractivity contribution in [3.05, 3.63) is 42.0 Å². The molecule has 1 heterocycles. The lowest BCUT2D eigenvalue weighted by molar-refractivity contribution is 0.408. The Morgan fingerprint density at radius 1 is 1.00 bits per heavy atom. The predicted molar refractivity (Wildman–Crippen MR) is 71.8 cm³/mol. The van der Waals surface area contributed by atoms with Crippen LogP contribution in [-0.2, 0) is 0 Å². The summed E-state index contributed by atoms with van der Waals surface area (Å²) < 4.78 is 11.0. The minimum atomic E-state index is 0.563. The monoisotopic (exact) mass is 256 g/mol. The second-order valence-corrected chi connectivity index (χ2v) is 4.84. The molecule has 0 atom stereocenters. The third-order valence-electron chi connectivity index (χ3n) is 3.09. The summed E-state index contributed by atoms with van der Waals surface area (Å²) in [5.41, 5.74) is 1.09. The highest BCUT2D eigenvalue weighted by Gasteiger charge is 2.26. The van der Waals surface area contributed by atoms with E-state index in [0.29, 0.717) is 11.7 Å². The highest BCUT2D eigenvalue weighted by atomic mass is 16.5. The van der Waals surface area contributed by atoms with E-state index in [1.807, 2.05) is 25.1 Å². The Morgan fingerprint density at radius 2 is 1.68 bits per heavy atom. The molecule has 0 aliphatic heterocycles. The number of ether oxygens (including phenoxy) is 2. The summed E-state index contributed by atoms with van der Waals surface area (Å²) in [6.07, 6.45) is 5.87. The first-order valence-corrected chi connectivity index (χ1v) is 6.40. The lowest BCUT2D eigenvalue weighted by atomic mass is 10.2. The highest BCUT2D eigenvalue weighted by Crippen LogP contribution is 2.38. The molecule has 0 radical (unpaired) electrons. The van der Waals surface area contributed by atoms with Crippen LogP contribution >= 0.6 is 0 Å². The summed E-state index contributed by atoms with van der Waals surface area (Å²) in [7, 11) is 1.64. The molecule has 0 unspecified atom stereocenters. The fourth-order valence-electron chi connectivity index (χ4n) is 1.96. The Morgan fingerprint density at radius 3 is 2.32 bits per heavy atom. The molecule has 1 saturated carbocycles. The fraction of sp³-hybridized carbons (Fsp3) is 0.333. The van der Waals surface area contributed by atoms with Gasteiger partial charge < -0.3 is 9.47 Å². The van der Waals surface area contributed by atoms with Gasteiger partial charge >= 0.3 is 0 Å². The van der Waals surface area contributed by atoms with Gasteiger partial charge in [-0.05, 0) is 37.5 Å². The molecule has 0 spiro atoms. The van der Waals surface area contributed by atoms with E-state index in [1.165, 1.54) is 12.8 Å². The van der Waals surface area contributed by atoms with Gasteiger partial charge in [0.25, 0.3) is 0 Å². The van der Waals surface area contributed by atoms with Gasteiger partial charge in [-0.2, -0.15) is 0 Å². The molecule has 1 fully saturated rings. The second-order valence-electron chi connectivity index (χ2n) is 4.84. The molecule has 98 valence electrons. The third kappa shape index (κ3) is 2.84. The van der Waals surface area contributed by atoms with Crippen molar-refractivity contribution in [3.63, 3.8) is 0 Å². The molecule has 0 N–H and O–H groups in total. The van der Waals surface area contributed by atoms with Crippen LogP contribution in [0.4, 0.5) is 0 Å². The van der Waals surface area contributed by atoms with Crippen molar-refractivity contribution in [2.75, 3.05) is 7.11 Å². The van der Waals surface area contributed by atoms with Crippen molar-refractivity contribution in [1.29, 1.82) is 0 Å². The van der Waals surface area contributed by atoms with Crippen molar-refractivity contribution in [2.45, 2.75) is 25.7 Å². The third-order valence-corrected chi connectivity index (χ3v) is 3.09. The normalized spacial score (nSPS) is 14.2. The van der Waals surface area contributed by atoms with Gasteiger partial charge in [-0.1, -0.05) is 0 Å². The summed E-state index contributed by atoms with van der Waals surface area (Å²) >= 11 is 0. The smallest absolute Gasteiger partial charge is 0.164 e. The quantitative estimate of drug-likeness (QED) is 0.840. The van der Waals surface area contributed by atoms with Gasteiger partial charge in [0.2, 0.25) is 0 Å². The number of hydrogen-bond donors (Lipinski definition) is 0. The number of methoxy groups -OCH3 is 1. The first-order valence-electron chi connectivity index (χ1n) is 6.40. The number of aryl methyl sites for hydroxylation is 1. The number of hydrogen-bond acceptors (Lipinski definition) is 4. The van der Waals surface area contributed by atoms with Gasteiger partial charge in [-0.25, -0.2) is 9.97 Å². The van der Waals surface area contributed by atoms with Gasteiger partial charge in [0.05, 0.1) is 19.5 Å². The van der Waals surface area contributed by atoms with E-state index in [-0.39, 0.29) is 0 Å². The van der Waals surface area contributed by atoms with Crippen molar-refractivity contribution in [3.8, 4) is 17.2 Å². The summed E-state index contributed by atoms with van der Waals surface area (Å²) in [5.74, 6) is 3.66. The van der Waals surface area contributed by atoms with Crippen LogP contribution in [0.2, 0.25) is 0 Å². The molecule has 0 saturated heterocycles. The molecule has 2 aromatic rings. The van der Waals surface area contributed by atoms with Gasteiger partial charge in [-0.3, -0.25) is 0 Å². The van der Waals surface area contributed by atoms with Crippen LogP contribution in [0, 0.1) is 6.92 Å². The Labute approximate surface area is 112 Å². The van der Waals surface area contributed by atoms with E-state index in [9.17, 15) is 0 Å². The molecule has 0 bridgehead atoms. The molecule has 1 aromatic heterocycles. The van der Waals surface area contributed by atoms with Crippen LogP contribution in [0.1, 0.15) is 30.1 Å². The van der Waals surface area contributed by atoms with Crippen LogP contribution in [0.15, 0.2) is 30.6 Å². The first kappa shape index (κ1) is 12.0. The van der Waals surface area contributed by atoms with Gasteiger partial charge in [-0.15, -0.1) is 0 Å². The Kier molecular flexibility index (Phi) is 3.07. The zero-order chi connectivity index (χ0) is 13.2. The largest absolute Gasteiger partial charge is 0.497 e. The Hall–Kier alpha value is -2.10. The highest BCUT2D eigenvalue weighted by molar-refractivity contribution is 5.39. The molecule has 3 rings (SSSR count). The van der Waals surface area contributed by atoms with Crippen LogP contribution in [0.25, 0.3) is 0 Å². The number of rotatable bonds is 4. The lowest BCUT2D eigenvalue weighted by Crippen LogP contribution is -1.93. The summed E-state index contributed by atoms with van der Waals surface area (Å²) in [4.78, 5) is 8.67. The minimum Gasteiger partial charge on any atom is -0.497 e. The van der Waals surface area contributed by atoms with Crippen LogP contribution in [0.3, 0.4) is 0 Å². The topological polar surface area (TPSA) is 44.2 Å². The van der Waals surface area contributed by atoms with Crippen molar-refractivity contribution in [2.24, 2.45) is 0 Å². The molecular weight excluding hydrogens is 240 g/mol. The van der Waals surface area contributed by atoms with Crippen molar-refractivity contribution >= 4 is 0 Å². The number of nitrogens with zero attached hydrogens (tertiary/aromatic N) is 2. The maximum atomic E-state index is 5.75. The maximum absolute atomic E-state index is 5.75. The number of benzene rings is 1. The van der Waals surface area contributed by atoms with Crippen molar-refractivity contribution < 1.29 is 9.47 Å². The van der Waals surface area contributed by atoms with E-state index in [1.54, 1.807) is 19.5 Å². The molecular formula is C15H16N2O2. The zero-order valence-electron chi connectivity index (χ0n) is 11.1. The average molecular weight is 256 g/mol. The van der Waals surface area contributed by atoms with E-state index in [0.717, 1.165) is 22.9 Å². The van der Waals surface area contributed by atoms with Crippen LogP contribution in [-0.4, -0.2) is 17.1 Å². The first-order chi connectivity index (χ1) is 9.24. The summed E-state index contributed by atoms with van der Waals surface area (Å²) in [5, 5.41) is 0. The lowest BCUT2D eigenvalue weighted by Gasteiger charge is -2.08. The van der Waals surface area contributed by atoms with Crippen molar-refractivity contribution in [1.82, 2.24) is 9.97 Å². The van der Waals surface area contributed by atoms with Gasteiger partial charge in [0.1, 0.15) is 17.3 Å². The van der Waals surface area contributed by atoms with Crippen LogP contribution < -0.4 is 9.47 Å². The number of aromatic nitrogens is 2. The summed E-state index contributed by atoms with van der Waals surface area (Å²) in [6.45, 7) is 2.00. The Bertz CT molecular complexity index is 577. The molecule has 1 aromatic carbocycles. The molecule has 4 heteroatoms. The zero-order valence-corrected chi connectivity index (χ0v) is 11.1. The maximum Gasteiger partial charge on any atom is 0.164 e. The summed E-state index contributed by atoms with van der Waals surface area (Å²) in [6, 6.07) is 5.76. The molecule has 4 nitrogen and oxygen atoms in total. The standard InChI is InChI=1S/C15H16N2O2/c1-10-5-12(18-2)7-13(6-10)19-14-8-16-15(17-9-14)11-3-4-11/h5-9,11H,3-4H2,1-2H3. The van der Waals surface area contributed by atoms with E-state index < -0.39 is 0 Å². The van der Waals surface area contributed by atoms with E-state index in [4.69, 9.17) is 9.47 Å². The van der Waals surface area contributed by atoms with E-state index >= 15 is 0 Å². The Balaban J connectivity index is 1.78. The SMILES string of the molecule is COc1cc(C)cc(Oc2cnc(C3CC3)nc2)c1. The van der Waals surface area contributed by atoms with Gasteiger partial charge in [0.15, 0.2) is 5.75 Å². The van der Waals surface area contributed by atoms with E-state index in [2.05, 4.69) is 9.97 Å². The molecule has 0 amide bonds. The molecule has 1 aliphatic carbocycles. The van der Waals surface area contributed by atoms with Gasteiger partial charge in [0, 0.05) is 12.0 Å².